The molecule has 1 aliphatic heterocycles. The minimum atomic E-state index is -0.833. The van der Waals surface area contributed by atoms with Gasteiger partial charge in [0.05, 0.1) is 10.6 Å². The molecule has 194 valence electrons. The number of hydrogen-bond donors (Lipinski definition) is 3. The third-order valence-corrected chi connectivity index (χ3v) is 6.88. The zero-order valence-electron chi connectivity index (χ0n) is 20.4. The second-order valence-electron chi connectivity index (χ2n) is 9.32. The summed E-state index contributed by atoms with van der Waals surface area (Å²) in [5.41, 5.74) is 2.99. The fourth-order valence-electron chi connectivity index (χ4n) is 4.43. The second-order valence-corrected chi connectivity index (χ2v) is 9.72. The van der Waals surface area contributed by atoms with E-state index < -0.39 is 11.6 Å². The largest absolute Gasteiger partial charge is 0.369 e. The van der Waals surface area contributed by atoms with Crippen LogP contribution in [0.5, 0.6) is 0 Å². The van der Waals surface area contributed by atoms with E-state index in [-0.39, 0.29) is 16.4 Å². The van der Waals surface area contributed by atoms with Crippen LogP contribution in [0.3, 0.4) is 0 Å². The van der Waals surface area contributed by atoms with Crippen LogP contribution in [-0.4, -0.2) is 46.1 Å². The first-order valence-electron chi connectivity index (χ1n) is 12.5. The SMILES string of the molecule is Fc1cc(F)c(-c2ncc(C3CC3)c(Nc3ccnc(Nc4ccc(N5CCNCC5)cc4)n3)n2)cc1Cl. The van der Waals surface area contributed by atoms with E-state index in [0.29, 0.717) is 23.5 Å². The molecule has 1 aliphatic carbocycles. The van der Waals surface area contributed by atoms with Crippen LogP contribution in [0.25, 0.3) is 11.4 Å². The van der Waals surface area contributed by atoms with Gasteiger partial charge >= 0.3 is 0 Å². The van der Waals surface area contributed by atoms with Gasteiger partial charge in [-0.05, 0) is 55.2 Å². The van der Waals surface area contributed by atoms with E-state index in [0.717, 1.165) is 56.3 Å². The molecule has 0 atom stereocenters. The number of halogens is 3. The van der Waals surface area contributed by atoms with E-state index in [9.17, 15) is 8.78 Å². The lowest BCUT2D eigenvalue weighted by atomic mass is 10.1. The van der Waals surface area contributed by atoms with Gasteiger partial charge in [-0.3, -0.25) is 0 Å². The molecule has 3 N–H and O–H groups in total. The van der Waals surface area contributed by atoms with Crippen LogP contribution in [0.4, 0.5) is 37.7 Å². The Morgan fingerprint density at radius 1 is 0.921 bits per heavy atom. The molecule has 0 amide bonds. The van der Waals surface area contributed by atoms with Crippen molar-refractivity contribution in [1.82, 2.24) is 25.3 Å². The number of nitrogens with zero attached hydrogens (tertiary/aromatic N) is 5. The molecule has 2 fully saturated rings. The van der Waals surface area contributed by atoms with E-state index in [1.807, 2.05) is 12.1 Å². The number of hydrogen-bond acceptors (Lipinski definition) is 8. The monoisotopic (exact) mass is 534 g/mol. The highest BCUT2D eigenvalue weighted by atomic mass is 35.5. The molecule has 0 unspecified atom stereocenters. The number of aromatic nitrogens is 4. The Morgan fingerprint density at radius 3 is 2.47 bits per heavy atom. The van der Waals surface area contributed by atoms with Gasteiger partial charge < -0.3 is 20.9 Å². The summed E-state index contributed by atoms with van der Waals surface area (Å²) in [6, 6.07) is 11.8. The summed E-state index contributed by atoms with van der Waals surface area (Å²) < 4.78 is 28.2. The fraction of sp³-hybridized carbons (Fsp3) is 0.259. The Kier molecular flexibility index (Phi) is 6.73. The highest BCUT2D eigenvalue weighted by Crippen LogP contribution is 2.43. The molecule has 38 heavy (non-hydrogen) atoms. The van der Waals surface area contributed by atoms with Crippen LogP contribution in [0.15, 0.2) is 54.9 Å². The standard InChI is InChI=1S/C27H25ClF2N8/c28-21-13-19(22(29)14-23(21)30)25-33-15-20(16-1-2-16)26(37-25)35-24-7-8-32-27(36-24)34-17-3-5-18(6-4-17)38-11-9-31-10-12-38/h3-8,13-16,31H,1-2,9-12H2,(H2,32,33,34,35,36,37). The topological polar surface area (TPSA) is 90.9 Å². The van der Waals surface area contributed by atoms with Gasteiger partial charge in [-0.25, -0.2) is 23.7 Å². The zero-order valence-corrected chi connectivity index (χ0v) is 21.1. The van der Waals surface area contributed by atoms with Crippen LogP contribution in [0, 0.1) is 11.6 Å². The lowest BCUT2D eigenvalue weighted by molar-refractivity contribution is 0.585. The normalized spacial score (nSPS) is 15.4. The number of nitrogens with one attached hydrogen (secondary N) is 3. The number of piperazine rings is 1. The predicted molar refractivity (Wildman–Crippen MR) is 144 cm³/mol. The minimum absolute atomic E-state index is 0.0242. The Morgan fingerprint density at radius 2 is 1.71 bits per heavy atom. The highest BCUT2D eigenvalue weighted by Gasteiger charge is 2.28. The van der Waals surface area contributed by atoms with Gasteiger partial charge in [-0.2, -0.15) is 4.98 Å². The van der Waals surface area contributed by atoms with Gasteiger partial charge in [-0.15, -0.1) is 0 Å². The van der Waals surface area contributed by atoms with Crippen molar-refractivity contribution in [2.24, 2.45) is 0 Å². The molecular formula is C27H25ClF2N8. The van der Waals surface area contributed by atoms with E-state index in [2.05, 4.69) is 52.9 Å². The molecule has 4 aromatic rings. The molecule has 0 bridgehead atoms. The van der Waals surface area contributed by atoms with E-state index in [1.54, 1.807) is 18.5 Å². The van der Waals surface area contributed by atoms with E-state index >= 15 is 0 Å². The van der Waals surface area contributed by atoms with Gasteiger partial charge in [0, 0.05) is 61.6 Å². The Balaban J connectivity index is 1.23. The quantitative estimate of drug-likeness (QED) is 0.262. The number of anilines is 5. The predicted octanol–water partition coefficient (Wildman–Crippen LogP) is 5.64. The van der Waals surface area contributed by atoms with Crippen LogP contribution in [0.1, 0.15) is 24.3 Å². The van der Waals surface area contributed by atoms with Gasteiger partial charge in [0.15, 0.2) is 5.82 Å². The lowest BCUT2D eigenvalue weighted by Crippen LogP contribution is -2.43. The maximum atomic E-state index is 14.5. The Labute approximate surface area is 223 Å². The Hall–Kier alpha value is -3.89. The average molecular weight is 535 g/mol. The molecule has 2 aromatic heterocycles. The summed E-state index contributed by atoms with van der Waals surface area (Å²) in [5, 5.41) is 9.65. The summed E-state index contributed by atoms with van der Waals surface area (Å²) in [6.45, 7) is 3.93. The maximum Gasteiger partial charge on any atom is 0.229 e. The first-order valence-corrected chi connectivity index (χ1v) is 12.9. The van der Waals surface area contributed by atoms with Crippen molar-refractivity contribution in [1.29, 1.82) is 0 Å². The van der Waals surface area contributed by atoms with Crippen molar-refractivity contribution in [2.45, 2.75) is 18.8 Å². The molecule has 11 heteroatoms. The molecule has 1 saturated carbocycles. The van der Waals surface area contributed by atoms with E-state index in [1.165, 1.54) is 11.8 Å². The third kappa shape index (κ3) is 5.36. The molecule has 6 rings (SSSR count). The van der Waals surface area contributed by atoms with Crippen LogP contribution < -0.4 is 20.9 Å². The maximum absolute atomic E-state index is 14.5. The van der Waals surface area contributed by atoms with Crippen LogP contribution >= 0.6 is 11.6 Å². The van der Waals surface area contributed by atoms with Crippen molar-refractivity contribution in [2.75, 3.05) is 41.7 Å². The average Bonchev–Trinajstić information content (AvgIpc) is 3.77. The van der Waals surface area contributed by atoms with Crippen LogP contribution in [0.2, 0.25) is 5.02 Å². The molecule has 0 spiro atoms. The molecule has 0 radical (unpaired) electrons. The summed E-state index contributed by atoms with van der Waals surface area (Å²) >= 11 is 5.89. The fourth-order valence-corrected chi connectivity index (χ4v) is 4.59. The first kappa shape index (κ1) is 24.4. The summed E-state index contributed by atoms with van der Waals surface area (Å²) in [5.74, 6) is 0.263. The molecule has 3 heterocycles. The minimum Gasteiger partial charge on any atom is -0.369 e. The van der Waals surface area contributed by atoms with Gasteiger partial charge in [0.25, 0.3) is 0 Å². The van der Waals surface area contributed by atoms with Crippen molar-refractivity contribution < 1.29 is 8.78 Å². The molecule has 2 aliphatic rings. The summed E-state index contributed by atoms with van der Waals surface area (Å²) in [7, 11) is 0. The van der Waals surface area contributed by atoms with Crippen molar-refractivity contribution in [3.8, 4) is 11.4 Å². The molecule has 8 nitrogen and oxygen atoms in total. The van der Waals surface area contributed by atoms with E-state index in [4.69, 9.17) is 11.6 Å². The van der Waals surface area contributed by atoms with Crippen LogP contribution in [-0.2, 0) is 0 Å². The van der Waals surface area contributed by atoms with Gasteiger partial charge in [0.1, 0.15) is 23.3 Å². The number of rotatable bonds is 7. The van der Waals surface area contributed by atoms with Gasteiger partial charge in [0.2, 0.25) is 5.95 Å². The smallest absolute Gasteiger partial charge is 0.229 e. The van der Waals surface area contributed by atoms with Crippen molar-refractivity contribution in [3.63, 3.8) is 0 Å². The second kappa shape index (κ2) is 10.5. The molecular weight excluding hydrogens is 510 g/mol. The summed E-state index contributed by atoms with van der Waals surface area (Å²) in [4.78, 5) is 20.2. The van der Waals surface area contributed by atoms with Crippen molar-refractivity contribution in [3.05, 3.63) is 77.1 Å². The van der Waals surface area contributed by atoms with Crippen molar-refractivity contribution >= 4 is 40.6 Å². The summed E-state index contributed by atoms with van der Waals surface area (Å²) in [6.07, 6.45) is 5.37. The zero-order chi connectivity index (χ0) is 26.1. The highest BCUT2D eigenvalue weighted by molar-refractivity contribution is 6.31. The first-order chi connectivity index (χ1) is 18.5. The molecule has 1 saturated heterocycles. The number of benzene rings is 2. The third-order valence-electron chi connectivity index (χ3n) is 6.59. The Bertz CT molecular complexity index is 1460. The molecule has 2 aromatic carbocycles. The lowest BCUT2D eigenvalue weighted by Gasteiger charge is -2.29. The van der Waals surface area contributed by atoms with Gasteiger partial charge in [-0.1, -0.05) is 11.6 Å².